The first-order valence-corrected chi connectivity index (χ1v) is 9.21. The highest BCUT2D eigenvalue weighted by atomic mass is 79.9. The Kier molecular flexibility index (Phi) is 4.74. The van der Waals surface area contributed by atoms with Crippen LogP contribution in [-0.4, -0.2) is 27.5 Å². The molecule has 0 aliphatic carbocycles. The van der Waals surface area contributed by atoms with Gasteiger partial charge in [-0.3, -0.25) is 10.2 Å². The van der Waals surface area contributed by atoms with E-state index in [-0.39, 0.29) is 10.5 Å². The smallest absolute Gasteiger partial charge is 0.266 e. The quantitative estimate of drug-likeness (QED) is 0.747. The Balaban J connectivity index is 1.73. The largest absolute Gasteiger partial charge is 0.486 e. The van der Waals surface area contributed by atoms with Gasteiger partial charge in [-0.05, 0) is 46.3 Å². The molecule has 1 amide bonds. The first-order chi connectivity index (χ1) is 11.5. The molecule has 1 aliphatic rings. The monoisotopic (exact) mass is 412 g/mol. The molecule has 0 aromatic heterocycles. The Morgan fingerprint density at radius 3 is 2.50 bits per heavy atom. The number of hydrazine groups is 1. The van der Waals surface area contributed by atoms with Gasteiger partial charge in [0.25, 0.3) is 15.9 Å². The number of benzene rings is 2. The molecule has 0 atom stereocenters. The average molecular weight is 413 g/mol. The van der Waals surface area contributed by atoms with Crippen LogP contribution in [0.5, 0.6) is 11.5 Å². The molecule has 9 heteroatoms. The lowest BCUT2D eigenvalue weighted by Crippen LogP contribution is -2.41. The Morgan fingerprint density at radius 1 is 1.04 bits per heavy atom. The van der Waals surface area contributed by atoms with Crippen molar-refractivity contribution in [2.75, 3.05) is 13.2 Å². The van der Waals surface area contributed by atoms with Crippen molar-refractivity contribution in [2.45, 2.75) is 4.90 Å². The first kappa shape index (κ1) is 16.7. The van der Waals surface area contributed by atoms with Crippen LogP contribution >= 0.6 is 15.9 Å². The van der Waals surface area contributed by atoms with E-state index in [1.54, 1.807) is 24.3 Å². The summed E-state index contributed by atoms with van der Waals surface area (Å²) in [6.45, 7) is 0.844. The molecule has 126 valence electrons. The number of carbonyl (C=O) groups excluding carboxylic acids is 1. The summed E-state index contributed by atoms with van der Waals surface area (Å²) in [5.41, 5.74) is 2.42. The van der Waals surface area contributed by atoms with E-state index in [0.29, 0.717) is 29.2 Å². The third-order valence-electron chi connectivity index (χ3n) is 3.23. The van der Waals surface area contributed by atoms with Crippen LogP contribution in [0.4, 0.5) is 0 Å². The lowest BCUT2D eigenvalue weighted by atomic mass is 10.2. The fourth-order valence-electron chi connectivity index (χ4n) is 2.09. The summed E-state index contributed by atoms with van der Waals surface area (Å²) in [6, 6.07) is 10.9. The van der Waals surface area contributed by atoms with Crippen LogP contribution < -0.4 is 19.7 Å². The van der Waals surface area contributed by atoms with Gasteiger partial charge in [-0.2, -0.15) is 0 Å². The number of nitrogens with one attached hydrogen (secondary N) is 2. The normalized spacial score (nSPS) is 13.4. The van der Waals surface area contributed by atoms with Gasteiger partial charge in [-0.1, -0.05) is 12.1 Å². The zero-order valence-electron chi connectivity index (χ0n) is 12.3. The van der Waals surface area contributed by atoms with Crippen LogP contribution in [0.15, 0.2) is 51.8 Å². The van der Waals surface area contributed by atoms with E-state index in [0.717, 1.165) is 0 Å². The molecule has 0 fully saturated rings. The topological polar surface area (TPSA) is 93.7 Å². The Labute approximate surface area is 147 Å². The number of hydrogen-bond donors (Lipinski definition) is 2. The van der Waals surface area contributed by atoms with Gasteiger partial charge in [-0.15, -0.1) is 4.83 Å². The van der Waals surface area contributed by atoms with E-state index >= 15 is 0 Å². The maximum atomic E-state index is 12.2. The zero-order valence-corrected chi connectivity index (χ0v) is 14.7. The highest BCUT2D eigenvalue weighted by Gasteiger charge is 2.19. The van der Waals surface area contributed by atoms with Crippen LogP contribution in [-0.2, 0) is 10.0 Å². The molecule has 1 heterocycles. The van der Waals surface area contributed by atoms with Crippen molar-refractivity contribution < 1.29 is 22.7 Å². The van der Waals surface area contributed by atoms with Crippen molar-refractivity contribution in [1.29, 1.82) is 0 Å². The summed E-state index contributed by atoms with van der Waals surface area (Å²) in [5.74, 6) is 0.386. The predicted molar refractivity (Wildman–Crippen MR) is 89.4 cm³/mol. The molecule has 2 aromatic carbocycles. The van der Waals surface area contributed by atoms with Gasteiger partial charge in [-0.25, -0.2) is 8.42 Å². The molecule has 0 bridgehead atoms. The third kappa shape index (κ3) is 3.53. The summed E-state index contributed by atoms with van der Waals surface area (Å²) in [4.78, 5) is 14.2. The van der Waals surface area contributed by atoms with Crippen LogP contribution in [0.3, 0.4) is 0 Å². The average Bonchev–Trinajstić information content (AvgIpc) is 2.59. The molecule has 1 aliphatic heterocycles. The van der Waals surface area contributed by atoms with Crippen molar-refractivity contribution in [3.63, 3.8) is 0 Å². The fraction of sp³-hybridized carbons (Fsp3) is 0.133. The minimum Gasteiger partial charge on any atom is -0.486 e. The van der Waals surface area contributed by atoms with Crippen LogP contribution in [0.25, 0.3) is 0 Å². The lowest BCUT2D eigenvalue weighted by molar-refractivity contribution is 0.0944. The number of ether oxygens (including phenoxy) is 2. The van der Waals surface area contributed by atoms with Gasteiger partial charge in [0.2, 0.25) is 0 Å². The Bertz CT molecular complexity index is 885. The molecular formula is C15H13BrN2O5S. The maximum Gasteiger partial charge on any atom is 0.266 e. The molecule has 0 saturated heterocycles. The summed E-state index contributed by atoms with van der Waals surface area (Å²) in [7, 11) is -3.90. The van der Waals surface area contributed by atoms with Crippen molar-refractivity contribution >= 4 is 31.9 Å². The van der Waals surface area contributed by atoms with Gasteiger partial charge in [0.15, 0.2) is 11.5 Å². The number of amides is 1. The minimum absolute atomic E-state index is 0.0208. The minimum atomic E-state index is -3.90. The van der Waals surface area contributed by atoms with Crippen molar-refractivity contribution in [3.05, 3.63) is 52.5 Å². The number of halogens is 1. The second-order valence-electron chi connectivity index (χ2n) is 4.85. The molecular weight excluding hydrogens is 400 g/mol. The van der Waals surface area contributed by atoms with Gasteiger partial charge < -0.3 is 9.47 Å². The van der Waals surface area contributed by atoms with E-state index in [1.807, 2.05) is 0 Å². The standard InChI is InChI=1S/C15H13BrN2O5S/c16-11-3-1-2-4-14(11)24(20,21)18-17-15(19)10-5-6-12-13(9-10)23-8-7-22-12/h1-6,9,18H,7-8H2,(H,17,19). The lowest BCUT2D eigenvalue weighted by Gasteiger charge is -2.18. The van der Waals surface area contributed by atoms with Crippen LogP contribution in [0, 0.1) is 0 Å². The predicted octanol–water partition coefficient (Wildman–Crippen LogP) is 1.84. The molecule has 0 unspecified atom stereocenters. The van der Waals surface area contributed by atoms with Gasteiger partial charge in [0.1, 0.15) is 13.2 Å². The second-order valence-corrected chi connectivity index (χ2v) is 7.35. The molecule has 0 spiro atoms. The van der Waals surface area contributed by atoms with E-state index < -0.39 is 15.9 Å². The SMILES string of the molecule is O=C(NNS(=O)(=O)c1ccccc1Br)c1ccc2c(c1)OCCO2. The molecule has 7 nitrogen and oxygen atoms in total. The summed E-state index contributed by atoms with van der Waals surface area (Å²) >= 11 is 3.16. The number of rotatable bonds is 4. The van der Waals surface area contributed by atoms with Crippen molar-refractivity contribution in [3.8, 4) is 11.5 Å². The molecule has 3 rings (SSSR count). The highest BCUT2D eigenvalue weighted by Crippen LogP contribution is 2.30. The summed E-state index contributed by atoms with van der Waals surface area (Å²) < 4.78 is 35.6. The zero-order chi connectivity index (χ0) is 17.2. The first-order valence-electron chi connectivity index (χ1n) is 6.94. The molecule has 2 N–H and O–H groups in total. The van der Waals surface area contributed by atoms with Crippen molar-refractivity contribution in [1.82, 2.24) is 10.3 Å². The molecule has 0 radical (unpaired) electrons. The van der Waals surface area contributed by atoms with Gasteiger partial charge in [0, 0.05) is 10.0 Å². The van der Waals surface area contributed by atoms with E-state index in [1.165, 1.54) is 18.2 Å². The van der Waals surface area contributed by atoms with Crippen LogP contribution in [0.1, 0.15) is 10.4 Å². The number of carbonyl (C=O) groups is 1. The van der Waals surface area contributed by atoms with Crippen molar-refractivity contribution in [2.24, 2.45) is 0 Å². The summed E-state index contributed by atoms with van der Waals surface area (Å²) in [5, 5.41) is 0. The Morgan fingerprint density at radius 2 is 1.75 bits per heavy atom. The van der Waals surface area contributed by atoms with E-state index in [2.05, 4.69) is 26.2 Å². The van der Waals surface area contributed by atoms with E-state index in [9.17, 15) is 13.2 Å². The van der Waals surface area contributed by atoms with Gasteiger partial charge >= 0.3 is 0 Å². The second kappa shape index (κ2) is 6.80. The number of hydrogen-bond acceptors (Lipinski definition) is 5. The fourth-order valence-corrected chi connectivity index (χ4v) is 3.93. The molecule has 2 aromatic rings. The maximum absolute atomic E-state index is 12.2. The van der Waals surface area contributed by atoms with Crippen LogP contribution in [0.2, 0.25) is 0 Å². The molecule has 24 heavy (non-hydrogen) atoms. The molecule has 0 saturated carbocycles. The Hall–Kier alpha value is -2.10. The van der Waals surface area contributed by atoms with E-state index in [4.69, 9.17) is 9.47 Å². The third-order valence-corrected chi connectivity index (χ3v) is 5.49. The number of fused-ring (bicyclic) bond motifs is 1. The number of sulfonamides is 1. The van der Waals surface area contributed by atoms with Gasteiger partial charge in [0.05, 0.1) is 4.90 Å². The highest BCUT2D eigenvalue weighted by molar-refractivity contribution is 9.10. The summed E-state index contributed by atoms with van der Waals surface area (Å²) in [6.07, 6.45) is 0.